The summed E-state index contributed by atoms with van der Waals surface area (Å²) in [5, 5.41) is 0.0135. The Hall–Kier alpha value is -1.41. The van der Waals surface area contributed by atoms with Crippen LogP contribution in [0.25, 0.3) is 0 Å². The number of imidazole rings is 1. The van der Waals surface area contributed by atoms with Crippen molar-refractivity contribution in [3.8, 4) is 0 Å². The Balaban J connectivity index is 0.00000220. The van der Waals surface area contributed by atoms with Crippen molar-refractivity contribution in [3.63, 3.8) is 0 Å². The van der Waals surface area contributed by atoms with Crippen molar-refractivity contribution in [2.24, 2.45) is 5.73 Å². The number of aromatic nitrogens is 2. The molecule has 116 valence electrons. The molecule has 0 aliphatic carbocycles. The molecule has 0 amide bonds. The molecule has 1 aromatic heterocycles. The van der Waals surface area contributed by atoms with Gasteiger partial charge < -0.3 is 10.3 Å². The molecule has 1 heterocycles. The van der Waals surface area contributed by atoms with Gasteiger partial charge in [-0.15, -0.1) is 12.4 Å². The summed E-state index contributed by atoms with van der Waals surface area (Å²) in [4.78, 5) is 3.88. The number of nitrogens with two attached hydrogens (primary N) is 1. The summed E-state index contributed by atoms with van der Waals surface area (Å²) in [6.07, 6.45) is 2.99. The molecule has 0 radical (unpaired) electrons. The van der Waals surface area contributed by atoms with E-state index in [2.05, 4.69) is 9.71 Å². The van der Waals surface area contributed by atoms with Crippen LogP contribution < -0.4 is 10.5 Å². The van der Waals surface area contributed by atoms with Crippen LogP contribution in [0, 0.1) is 0 Å². The van der Waals surface area contributed by atoms with E-state index in [0.717, 1.165) is 5.56 Å². The van der Waals surface area contributed by atoms with Crippen molar-refractivity contribution in [2.45, 2.75) is 24.5 Å². The lowest BCUT2D eigenvalue weighted by atomic mass is 10.1. The van der Waals surface area contributed by atoms with E-state index < -0.39 is 10.0 Å². The Morgan fingerprint density at radius 3 is 2.57 bits per heavy atom. The fraction of sp³-hybridized carbons (Fsp3) is 0.308. The van der Waals surface area contributed by atoms with Gasteiger partial charge in [-0.25, -0.2) is 18.1 Å². The highest BCUT2D eigenvalue weighted by atomic mass is 35.5. The number of nitrogens with zero attached hydrogens (tertiary/aromatic N) is 2. The van der Waals surface area contributed by atoms with Crippen molar-refractivity contribution < 1.29 is 8.42 Å². The van der Waals surface area contributed by atoms with Gasteiger partial charge in [0.2, 0.25) is 0 Å². The number of hydrogen-bond donors (Lipinski definition) is 2. The lowest BCUT2D eigenvalue weighted by molar-refractivity contribution is 0.569. The van der Waals surface area contributed by atoms with E-state index in [4.69, 9.17) is 5.73 Å². The zero-order chi connectivity index (χ0) is 14.6. The number of sulfonamides is 1. The molecule has 6 nitrogen and oxygen atoms in total. The largest absolute Gasteiger partial charge is 0.336 e. The molecule has 0 bridgehead atoms. The van der Waals surface area contributed by atoms with Gasteiger partial charge in [0.25, 0.3) is 10.0 Å². The second kappa shape index (κ2) is 7.56. The zero-order valence-electron chi connectivity index (χ0n) is 11.6. The monoisotopic (exact) mass is 330 g/mol. The molecule has 1 aromatic carbocycles. The molecule has 8 heteroatoms. The molecule has 2 aromatic rings. The molecule has 1 atom stereocenters. The van der Waals surface area contributed by atoms with E-state index in [0.29, 0.717) is 6.54 Å². The lowest BCUT2D eigenvalue weighted by Gasteiger charge is -2.12. The predicted octanol–water partition coefficient (Wildman–Crippen LogP) is 1.30. The van der Waals surface area contributed by atoms with Gasteiger partial charge in [-0.2, -0.15) is 0 Å². The van der Waals surface area contributed by atoms with Crippen LogP contribution in [-0.2, 0) is 16.6 Å². The molecular weight excluding hydrogens is 312 g/mol. The third-order valence-electron chi connectivity index (χ3n) is 2.97. The normalized spacial score (nSPS) is 12.7. The van der Waals surface area contributed by atoms with Gasteiger partial charge in [-0.1, -0.05) is 30.3 Å². The molecule has 0 fully saturated rings. The number of aryl methyl sites for hydroxylation is 1. The Morgan fingerprint density at radius 1 is 1.33 bits per heavy atom. The van der Waals surface area contributed by atoms with E-state index in [-0.39, 0.29) is 30.0 Å². The lowest BCUT2D eigenvalue weighted by Crippen LogP contribution is -2.32. The molecule has 0 aliphatic heterocycles. The van der Waals surface area contributed by atoms with Gasteiger partial charge in [0.05, 0.1) is 6.33 Å². The van der Waals surface area contributed by atoms with Crippen molar-refractivity contribution in [1.29, 1.82) is 0 Å². The minimum absolute atomic E-state index is 0. The molecule has 0 spiro atoms. The van der Waals surface area contributed by atoms with Gasteiger partial charge in [0.15, 0.2) is 5.03 Å². The van der Waals surface area contributed by atoms with Crippen LogP contribution >= 0.6 is 12.4 Å². The highest BCUT2D eigenvalue weighted by Crippen LogP contribution is 2.10. The standard InChI is InChI=1S/C13H18N4O2S.ClH/c1-2-17-9-13(15-10-17)20(18,19)16-8-12(14)11-6-4-3-5-7-11;/h3-7,9-10,12,16H,2,8,14H2,1H3;1H. The molecule has 0 saturated heterocycles. The van der Waals surface area contributed by atoms with Crippen molar-refractivity contribution in [2.75, 3.05) is 6.54 Å². The summed E-state index contributed by atoms with van der Waals surface area (Å²) >= 11 is 0. The van der Waals surface area contributed by atoms with E-state index in [1.54, 1.807) is 4.57 Å². The Bertz CT molecular complexity index is 658. The number of nitrogens with one attached hydrogen (secondary N) is 1. The first-order chi connectivity index (χ1) is 9.53. The Labute approximate surface area is 130 Å². The quantitative estimate of drug-likeness (QED) is 0.835. The topological polar surface area (TPSA) is 90.0 Å². The van der Waals surface area contributed by atoms with E-state index >= 15 is 0 Å². The first-order valence-electron chi connectivity index (χ1n) is 6.35. The summed E-state index contributed by atoms with van der Waals surface area (Å²) in [6, 6.07) is 8.96. The van der Waals surface area contributed by atoms with Crippen molar-refractivity contribution >= 4 is 22.4 Å². The number of benzene rings is 1. The highest BCUT2D eigenvalue weighted by Gasteiger charge is 2.18. The number of halogens is 1. The van der Waals surface area contributed by atoms with Crippen LogP contribution in [0.4, 0.5) is 0 Å². The maximum Gasteiger partial charge on any atom is 0.259 e. The van der Waals surface area contributed by atoms with Crippen LogP contribution in [-0.4, -0.2) is 24.5 Å². The maximum absolute atomic E-state index is 12.1. The number of hydrogen-bond acceptors (Lipinski definition) is 4. The van der Waals surface area contributed by atoms with Gasteiger partial charge in [-0.3, -0.25) is 0 Å². The van der Waals surface area contributed by atoms with E-state index in [1.165, 1.54) is 12.5 Å². The Kier molecular flexibility index (Phi) is 6.35. The maximum atomic E-state index is 12.1. The summed E-state index contributed by atoms with van der Waals surface area (Å²) < 4.78 is 28.3. The van der Waals surface area contributed by atoms with Crippen LogP contribution in [0.3, 0.4) is 0 Å². The summed E-state index contributed by atoms with van der Waals surface area (Å²) in [6.45, 7) is 2.72. The van der Waals surface area contributed by atoms with E-state index in [9.17, 15) is 8.42 Å². The molecule has 2 rings (SSSR count). The fourth-order valence-electron chi connectivity index (χ4n) is 1.74. The first kappa shape index (κ1) is 17.6. The Morgan fingerprint density at radius 2 is 2.00 bits per heavy atom. The average Bonchev–Trinajstić information content (AvgIpc) is 2.95. The van der Waals surface area contributed by atoms with Crippen LogP contribution in [0.2, 0.25) is 0 Å². The number of rotatable bonds is 6. The minimum Gasteiger partial charge on any atom is -0.336 e. The zero-order valence-corrected chi connectivity index (χ0v) is 13.3. The van der Waals surface area contributed by atoms with Gasteiger partial charge in [0, 0.05) is 25.3 Å². The first-order valence-corrected chi connectivity index (χ1v) is 7.83. The fourth-order valence-corrected chi connectivity index (χ4v) is 2.75. The summed E-state index contributed by atoms with van der Waals surface area (Å²) in [5.41, 5.74) is 6.84. The third-order valence-corrected chi connectivity index (χ3v) is 4.28. The second-order valence-corrected chi connectivity index (χ2v) is 6.13. The SMILES string of the molecule is CCn1cnc(S(=O)(=O)NCC(N)c2ccccc2)c1.Cl. The average molecular weight is 331 g/mol. The van der Waals surface area contributed by atoms with Crippen LogP contribution in [0.5, 0.6) is 0 Å². The van der Waals surface area contributed by atoms with Crippen molar-refractivity contribution in [1.82, 2.24) is 14.3 Å². The molecule has 0 saturated carbocycles. The van der Waals surface area contributed by atoms with Crippen LogP contribution in [0.1, 0.15) is 18.5 Å². The molecule has 1 unspecified atom stereocenters. The van der Waals surface area contributed by atoms with Gasteiger partial charge in [-0.05, 0) is 12.5 Å². The van der Waals surface area contributed by atoms with Crippen LogP contribution in [0.15, 0.2) is 47.9 Å². The summed E-state index contributed by atoms with van der Waals surface area (Å²) in [5.74, 6) is 0. The highest BCUT2D eigenvalue weighted by molar-refractivity contribution is 7.89. The molecule has 0 aliphatic rings. The minimum atomic E-state index is -3.61. The van der Waals surface area contributed by atoms with Crippen molar-refractivity contribution in [3.05, 3.63) is 48.4 Å². The van der Waals surface area contributed by atoms with Gasteiger partial charge >= 0.3 is 0 Å². The molecule has 21 heavy (non-hydrogen) atoms. The second-order valence-electron chi connectivity index (χ2n) is 4.41. The molecule has 3 N–H and O–H groups in total. The molecular formula is C13H19ClN4O2S. The smallest absolute Gasteiger partial charge is 0.259 e. The predicted molar refractivity (Wildman–Crippen MR) is 83.7 cm³/mol. The van der Waals surface area contributed by atoms with E-state index in [1.807, 2.05) is 37.3 Å². The third kappa shape index (κ3) is 4.53. The summed E-state index contributed by atoms with van der Waals surface area (Å²) in [7, 11) is -3.61. The van der Waals surface area contributed by atoms with Gasteiger partial charge in [0.1, 0.15) is 0 Å².